The summed E-state index contributed by atoms with van der Waals surface area (Å²) in [4.78, 5) is 46.3. The first-order valence-corrected chi connectivity index (χ1v) is 48.3. The quantitative estimate of drug-likeness (QED) is 0.132. The Morgan fingerprint density at radius 2 is 0.532 bits per heavy atom. The van der Waals surface area contributed by atoms with Crippen LogP contribution in [0.15, 0.2) is 425 Å². The van der Waals surface area contributed by atoms with Crippen molar-refractivity contribution in [1.82, 2.24) is 49.4 Å². The van der Waals surface area contributed by atoms with Crippen molar-refractivity contribution < 1.29 is 0 Å². The lowest BCUT2D eigenvalue weighted by atomic mass is 9.81. The van der Waals surface area contributed by atoms with Crippen LogP contribution in [0.5, 0.6) is 0 Å². The minimum Gasteiger partial charge on any atom is -0.309 e. The van der Waals surface area contributed by atoms with Gasteiger partial charge < -0.3 is 4.57 Å². The van der Waals surface area contributed by atoms with Crippen LogP contribution in [0.2, 0.25) is 0 Å². The van der Waals surface area contributed by atoms with Gasteiger partial charge in [-0.2, -0.15) is 0 Å². The maximum atomic E-state index is 5.24. The molecule has 11 heteroatoms. The summed E-state index contributed by atoms with van der Waals surface area (Å²) in [6, 6.07) is 151. The van der Waals surface area contributed by atoms with E-state index in [0.717, 1.165) is 93.6 Å². The first kappa shape index (κ1) is 82.4. The topological polar surface area (TPSA) is 121 Å². The van der Waals surface area contributed by atoms with E-state index in [9.17, 15) is 0 Å². The molecule has 0 saturated heterocycles. The number of thiophene rings is 1. The van der Waals surface area contributed by atoms with E-state index >= 15 is 0 Å². The first-order valence-electron chi connectivity index (χ1n) is 47.5. The highest BCUT2D eigenvalue weighted by Gasteiger charge is 2.39. The normalized spacial score (nSPS) is 13.3. The largest absolute Gasteiger partial charge is 0.309 e. The van der Waals surface area contributed by atoms with Crippen LogP contribution in [0.4, 0.5) is 0 Å². The molecule has 3 aliphatic rings. The van der Waals surface area contributed by atoms with Crippen LogP contribution in [-0.4, -0.2) is 49.4 Å². The Labute approximate surface area is 808 Å². The number of rotatable bonds is 10. The van der Waals surface area contributed by atoms with Crippen molar-refractivity contribution in [2.24, 2.45) is 0 Å². The fourth-order valence-electron chi connectivity index (χ4n) is 22.0. The molecule has 28 rings (SSSR count). The van der Waals surface area contributed by atoms with Crippen molar-refractivity contribution in [2.45, 2.75) is 57.8 Å². The van der Waals surface area contributed by atoms with E-state index in [2.05, 4.69) is 434 Å². The molecule has 0 saturated carbocycles. The molecule has 0 unspecified atom stereocenters. The van der Waals surface area contributed by atoms with E-state index < -0.39 is 0 Å². The molecule has 0 aliphatic heterocycles. The number of hydrogen-bond donors (Lipinski definition) is 0. The first-order chi connectivity index (χ1) is 68.1. The molecule has 0 amide bonds. The molecule has 10 nitrogen and oxygen atoms in total. The lowest BCUT2D eigenvalue weighted by Gasteiger charge is -2.22. The molecule has 0 N–H and O–H groups in total. The monoisotopic (exact) mass is 1800 g/mol. The molecule has 139 heavy (non-hydrogen) atoms. The molecule has 20 aromatic carbocycles. The van der Waals surface area contributed by atoms with Gasteiger partial charge in [-0.25, -0.2) is 44.9 Å². The number of hydrogen-bond acceptors (Lipinski definition) is 10. The van der Waals surface area contributed by atoms with E-state index in [1.54, 1.807) is 11.3 Å². The van der Waals surface area contributed by atoms with Crippen molar-refractivity contribution >= 4 is 107 Å². The highest BCUT2D eigenvalue weighted by Crippen LogP contribution is 2.55. The third kappa shape index (κ3) is 13.8. The van der Waals surface area contributed by atoms with Crippen LogP contribution in [0.1, 0.15) is 74.9 Å². The van der Waals surface area contributed by atoms with Gasteiger partial charge in [-0.1, -0.05) is 369 Å². The number of para-hydroxylation sites is 2. The second-order valence-corrected chi connectivity index (χ2v) is 39.3. The number of benzene rings is 20. The fourth-order valence-corrected chi connectivity index (χ4v) is 23.2. The SMILES string of the molecule is CC1(C)c2ccccc2-c2cc3c(-c4nc(-c5ccccc5)nc(-c5ccc6c(c5)c5ccccc5n6-c5ccccc5)n4)cccc3cc21.CC1(C)c2ccccc2-c2cc3cc(-c4nc(-c5ccccc5)nc(-c5cccc6sc7ccccc7c56)n4)ccc3cc21.CC1(C)c2ccccc2-c2cc3cccc(-c4nc(-c5ccc6ccccc6c5)nc(-c5cccc6ccccc56)n4)c3cc21. The number of aromatic nitrogens is 10. The van der Waals surface area contributed by atoms with Gasteiger partial charge in [0.2, 0.25) is 0 Å². The van der Waals surface area contributed by atoms with Crippen molar-refractivity contribution in [3.05, 3.63) is 458 Å². The van der Waals surface area contributed by atoms with Crippen LogP contribution >= 0.6 is 11.3 Å². The summed E-state index contributed by atoms with van der Waals surface area (Å²) in [6.07, 6.45) is 0. The minimum absolute atomic E-state index is 0.0284. The Kier molecular flexibility index (Phi) is 19.3. The van der Waals surface area contributed by atoms with Crippen molar-refractivity contribution in [1.29, 1.82) is 0 Å². The second-order valence-electron chi connectivity index (χ2n) is 38.3. The molecular weight excluding hydrogens is 1710 g/mol. The predicted octanol–water partition coefficient (Wildman–Crippen LogP) is 32.8. The van der Waals surface area contributed by atoms with Gasteiger partial charge >= 0.3 is 0 Å². The number of nitrogens with zero attached hydrogens (tertiary/aromatic N) is 10. The fraction of sp³-hybridized carbons (Fsp3) is 0.0703. The third-order valence-corrected chi connectivity index (χ3v) is 30.2. The highest BCUT2D eigenvalue weighted by molar-refractivity contribution is 7.26. The summed E-state index contributed by atoms with van der Waals surface area (Å²) in [5.74, 6) is 6.02. The van der Waals surface area contributed by atoms with Crippen LogP contribution in [0.3, 0.4) is 0 Å². The third-order valence-electron chi connectivity index (χ3n) is 29.0. The van der Waals surface area contributed by atoms with E-state index in [4.69, 9.17) is 44.9 Å². The molecular formula is C128H88N10S. The zero-order valence-electron chi connectivity index (χ0n) is 77.3. The van der Waals surface area contributed by atoms with Crippen LogP contribution in [0, 0.1) is 0 Å². The van der Waals surface area contributed by atoms with Crippen LogP contribution in [0.25, 0.3) is 237 Å². The Morgan fingerprint density at radius 1 is 0.180 bits per heavy atom. The Bertz CT molecular complexity index is 9380. The molecule has 0 bridgehead atoms. The second kappa shape index (κ2) is 32.5. The van der Waals surface area contributed by atoms with Gasteiger partial charge in [0, 0.05) is 103 Å². The van der Waals surface area contributed by atoms with Crippen molar-refractivity contribution in [2.75, 3.05) is 0 Å². The minimum atomic E-state index is -0.100. The summed E-state index contributed by atoms with van der Waals surface area (Å²) in [6.45, 7) is 14.0. The van der Waals surface area contributed by atoms with Gasteiger partial charge in [0.1, 0.15) is 0 Å². The van der Waals surface area contributed by atoms with Gasteiger partial charge in [0.05, 0.1) is 11.0 Å². The van der Waals surface area contributed by atoms with E-state index in [1.807, 2.05) is 36.4 Å². The molecule has 3 aliphatic carbocycles. The van der Waals surface area contributed by atoms with Gasteiger partial charge in [-0.05, 0) is 218 Å². The van der Waals surface area contributed by atoms with Crippen LogP contribution in [-0.2, 0) is 16.2 Å². The lowest BCUT2D eigenvalue weighted by Crippen LogP contribution is -2.14. The Morgan fingerprint density at radius 3 is 1.13 bits per heavy atom. The molecule has 5 aromatic heterocycles. The lowest BCUT2D eigenvalue weighted by molar-refractivity contribution is 0.661. The van der Waals surface area contributed by atoms with Crippen molar-refractivity contribution in [3.63, 3.8) is 0 Å². The van der Waals surface area contributed by atoms with Crippen molar-refractivity contribution in [3.8, 4) is 142 Å². The van der Waals surface area contributed by atoms with Gasteiger partial charge in [-0.3, -0.25) is 0 Å². The summed E-state index contributed by atoms with van der Waals surface area (Å²) in [5, 5.41) is 16.5. The molecule has 25 aromatic rings. The predicted molar refractivity (Wildman–Crippen MR) is 576 cm³/mol. The zero-order chi connectivity index (χ0) is 92.9. The summed E-state index contributed by atoms with van der Waals surface area (Å²) >= 11 is 1.81. The summed E-state index contributed by atoms with van der Waals surface area (Å²) in [5.41, 5.74) is 28.1. The average molecular weight is 1800 g/mol. The molecule has 5 heterocycles. The summed E-state index contributed by atoms with van der Waals surface area (Å²) < 4.78 is 4.82. The zero-order valence-corrected chi connectivity index (χ0v) is 78.1. The average Bonchev–Trinajstić information content (AvgIpc) is 1.60. The summed E-state index contributed by atoms with van der Waals surface area (Å²) in [7, 11) is 0. The maximum absolute atomic E-state index is 5.24. The molecule has 0 atom stereocenters. The van der Waals surface area contributed by atoms with E-state index in [1.165, 1.54) is 125 Å². The molecule has 0 radical (unpaired) electrons. The number of fused-ring (bicyclic) bond motifs is 20. The standard InChI is InChI=1S/C46H32N4.C42H29N3.C40H27N3S/c1-46(2)39-22-11-9-19-33(39)37-28-36-30(27-40(37)46)16-13-21-35(36)45-48-43(29-14-5-3-6-15-29)47-44(49-45)31-24-25-42-38(26-31)34-20-10-12-23-41(34)50(42)32-17-7-4-8-18-32;1-42(2)37-20-8-7-17-32(37)36-24-29-15-10-19-34(35(29)25-38(36)42)41-44-39(30-22-21-26-11-3-4-13-28(26)23-30)43-40(45-41)33-18-9-14-27-12-5-6-16-31(27)33;1-40(2)32-16-8-6-13-28(32)31-22-27-21-26(20-19-25(27)23-33(31)40)38-41-37(24-11-4-3-5-12-24)42-39(43-38)30-15-10-18-35-36(30)29-14-7-9-17-34(29)44-35/h3-28H,1-2H3;3-25H,1-2H3;3-23H,1-2H3. The van der Waals surface area contributed by atoms with E-state index in [-0.39, 0.29) is 16.2 Å². The molecule has 0 spiro atoms. The van der Waals surface area contributed by atoms with Gasteiger partial charge in [-0.15, -0.1) is 11.3 Å². The van der Waals surface area contributed by atoms with Gasteiger partial charge in [0.15, 0.2) is 52.4 Å². The smallest absolute Gasteiger partial charge is 0.164 e. The van der Waals surface area contributed by atoms with Crippen LogP contribution < -0.4 is 0 Å². The Balaban J connectivity index is 0.000000108. The van der Waals surface area contributed by atoms with E-state index in [0.29, 0.717) is 52.4 Å². The maximum Gasteiger partial charge on any atom is 0.164 e. The Hall–Kier alpha value is -17.3. The van der Waals surface area contributed by atoms with Gasteiger partial charge in [0.25, 0.3) is 0 Å². The molecule has 0 fully saturated rings. The molecule has 656 valence electrons. The highest BCUT2D eigenvalue weighted by atomic mass is 32.1.